The predicted molar refractivity (Wildman–Crippen MR) is 53.5 cm³/mol. The average molecular weight is 180 g/mol. The summed E-state index contributed by atoms with van der Waals surface area (Å²) in [5.41, 5.74) is 3.77. The number of hydrogen-bond donors (Lipinski definition) is 2. The van der Waals surface area contributed by atoms with Gasteiger partial charge in [-0.2, -0.15) is 0 Å². The van der Waals surface area contributed by atoms with Gasteiger partial charge in [0.05, 0.1) is 6.04 Å². The lowest BCUT2D eigenvalue weighted by Gasteiger charge is -2.13. The van der Waals surface area contributed by atoms with Crippen LogP contribution in [0, 0.1) is 6.92 Å². The van der Waals surface area contributed by atoms with Crippen molar-refractivity contribution < 1.29 is 4.74 Å². The topological polar surface area (TPSA) is 47.3 Å². The summed E-state index contributed by atoms with van der Waals surface area (Å²) >= 11 is 0. The van der Waals surface area contributed by atoms with Gasteiger partial charge in [-0.25, -0.2) is 0 Å². The van der Waals surface area contributed by atoms with Gasteiger partial charge in [-0.15, -0.1) is 0 Å². The second-order valence-corrected chi connectivity index (χ2v) is 3.14. The van der Waals surface area contributed by atoms with Crippen molar-refractivity contribution in [1.29, 1.82) is 0 Å². The van der Waals surface area contributed by atoms with Crippen LogP contribution < -0.4 is 16.0 Å². The molecule has 0 aliphatic carbocycles. The van der Waals surface area contributed by atoms with E-state index in [1.54, 1.807) is 0 Å². The summed E-state index contributed by atoms with van der Waals surface area (Å²) in [7, 11) is 0. The Hall–Kier alpha value is -1.06. The molecule has 3 heteroatoms. The van der Waals surface area contributed by atoms with Crippen molar-refractivity contribution >= 4 is 0 Å². The normalized spacial score (nSPS) is 12.5. The van der Waals surface area contributed by atoms with Gasteiger partial charge in [-0.1, -0.05) is 18.2 Å². The maximum absolute atomic E-state index is 5.55. The highest BCUT2D eigenvalue weighted by molar-refractivity contribution is 5.31. The Morgan fingerprint density at radius 1 is 1.46 bits per heavy atom. The largest absolute Gasteiger partial charge is 0.492 e. The lowest BCUT2D eigenvalue weighted by molar-refractivity contribution is 0.273. The van der Waals surface area contributed by atoms with Crippen molar-refractivity contribution in [3.8, 4) is 5.75 Å². The van der Waals surface area contributed by atoms with Crippen molar-refractivity contribution in [2.24, 2.45) is 5.84 Å². The first-order chi connectivity index (χ1) is 6.24. The molecule has 0 aliphatic heterocycles. The standard InChI is InChI=1S/C10H16N2O/c1-8-5-3-4-6-10(8)13-7-9(2)12-11/h3-6,9,12H,7,11H2,1-2H3. The van der Waals surface area contributed by atoms with Crippen molar-refractivity contribution in [3.63, 3.8) is 0 Å². The zero-order valence-corrected chi connectivity index (χ0v) is 8.08. The van der Waals surface area contributed by atoms with Crippen molar-refractivity contribution in [3.05, 3.63) is 29.8 Å². The van der Waals surface area contributed by atoms with Crippen LogP contribution in [0.15, 0.2) is 24.3 Å². The van der Waals surface area contributed by atoms with Crippen LogP contribution in [0.25, 0.3) is 0 Å². The van der Waals surface area contributed by atoms with Crippen LogP contribution in [-0.4, -0.2) is 12.6 Å². The van der Waals surface area contributed by atoms with Crippen LogP contribution in [0.5, 0.6) is 5.75 Å². The Kier molecular flexibility index (Phi) is 3.73. The quantitative estimate of drug-likeness (QED) is 0.541. The fourth-order valence-corrected chi connectivity index (χ4v) is 0.981. The molecular weight excluding hydrogens is 164 g/mol. The summed E-state index contributed by atoms with van der Waals surface area (Å²) < 4.78 is 5.55. The Balaban J connectivity index is 2.50. The highest BCUT2D eigenvalue weighted by Crippen LogP contribution is 2.15. The molecule has 0 aromatic heterocycles. The summed E-state index contributed by atoms with van der Waals surface area (Å²) in [4.78, 5) is 0. The van der Waals surface area contributed by atoms with Gasteiger partial charge < -0.3 is 4.74 Å². The van der Waals surface area contributed by atoms with Gasteiger partial charge in [0, 0.05) is 0 Å². The van der Waals surface area contributed by atoms with Crippen LogP contribution in [-0.2, 0) is 0 Å². The number of benzene rings is 1. The minimum atomic E-state index is 0.166. The molecule has 0 radical (unpaired) electrons. The molecular formula is C10H16N2O. The van der Waals surface area contributed by atoms with Gasteiger partial charge in [0.15, 0.2) is 0 Å². The van der Waals surface area contributed by atoms with Crippen LogP contribution in [0.3, 0.4) is 0 Å². The first-order valence-corrected chi connectivity index (χ1v) is 4.38. The number of nitrogens with one attached hydrogen (secondary N) is 1. The summed E-state index contributed by atoms with van der Waals surface area (Å²) in [5.74, 6) is 6.17. The fraction of sp³-hybridized carbons (Fsp3) is 0.400. The number of aryl methyl sites for hydroxylation is 1. The average Bonchev–Trinajstić information content (AvgIpc) is 2.16. The van der Waals surface area contributed by atoms with Gasteiger partial charge >= 0.3 is 0 Å². The second kappa shape index (κ2) is 4.84. The van der Waals surface area contributed by atoms with Gasteiger partial charge in [0.1, 0.15) is 12.4 Å². The molecule has 3 nitrogen and oxygen atoms in total. The minimum Gasteiger partial charge on any atom is -0.492 e. The molecule has 13 heavy (non-hydrogen) atoms. The molecule has 0 aliphatic rings. The second-order valence-electron chi connectivity index (χ2n) is 3.14. The summed E-state index contributed by atoms with van der Waals surface area (Å²) in [5, 5.41) is 0. The van der Waals surface area contributed by atoms with E-state index in [-0.39, 0.29) is 6.04 Å². The van der Waals surface area contributed by atoms with Crippen LogP contribution in [0.1, 0.15) is 12.5 Å². The molecule has 0 saturated heterocycles. The van der Waals surface area contributed by atoms with E-state index in [2.05, 4.69) is 5.43 Å². The third-order valence-corrected chi connectivity index (χ3v) is 1.87. The summed E-state index contributed by atoms with van der Waals surface area (Å²) in [6, 6.07) is 8.10. The van der Waals surface area contributed by atoms with Crippen LogP contribution in [0.4, 0.5) is 0 Å². The molecule has 72 valence electrons. The first-order valence-electron chi connectivity index (χ1n) is 4.38. The maximum atomic E-state index is 5.55. The first kappa shape index (κ1) is 10.0. The Labute approximate surface area is 78.9 Å². The van der Waals surface area contributed by atoms with Gasteiger partial charge in [0.2, 0.25) is 0 Å². The summed E-state index contributed by atoms with van der Waals surface area (Å²) in [6.45, 7) is 4.58. The van der Waals surface area contributed by atoms with E-state index in [0.29, 0.717) is 6.61 Å². The van der Waals surface area contributed by atoms with E-state index in [1.165, 1.54) is 0 Å². The highest BCUT2D eigenvalue weighted by atomic mass is 16.5. The highest BCUT2D eigenvalue weighted by Gasteiger charge is 2.01. The van der Waals surface area contributed by atoms with E-state index in [4.69, 9.17) is 10.6 Å². The number of para-hydroxylation sites is 1. The van der Waals surface area contributed by atoms with E-state index in [1.807, 2.05) is 38.1 Å². The van der Waals surface area contributed by atoms with Crippen molar-refractivity contribution in [2.75, 3.05) is 6.61 Å². The molecule has 1 aromatic rings. The maximum Gasteiger partial charge on any atom is 0.122 e. The third kappa shape index (κ3) is 3.05. The number of ether oxygens (including phenoxy) is 1. The lowest BCUT2D eigenvalue weighted by Crippen LogP contribution is -2.37. The monoisotopic (exact) mass is 180 g/mol. The smallest absolute Gasteiger partial charge is 0.122 e. The lowest BCUT2D eigenvalue weighted by atomic mass is 10.2. The molecule has 1 unspecified atom stereocenters. The van der Waals surface area contributed by atoms with Crippen LogP contribution in [0.2, 0.25) is 0 Å². The molecule has 0 spiro atoms. The Morgan fingerprint density at radius 2 is 2.15 bits per heavy atom. The van der Waals surface area contributed by atoms with Crippen LogP contribution >= 0.6 is 0 Å². The third-order valence-electron chi connectivity index (χ3n) is 1.87. The van der Waals surface area contributed by atoms with E-state index in [0.717, 1.165) is 11.3 Å². The van der Waals surface area contributed by atoms with Gasteiger partial charge in [0.25, 0.3) is 0 Å². The SMILES string of the molecule is Cc1ccccc1OCC(C)NN. The number of hydrazine groups is 1. The van der Waals surface area contributed by atoms with Crippen molar-refractivity contribution in [1.82, 2.24) is 5.43 Å². The minimum absolute atomic E-state index is 0.166. The molecule has 0 fully saturated rings. The summed E-state index contributed by atoms with van der Waals surface area (Å²) in [6.07, 6.45) is 0. The molecule has 1 aromatic carbocycles. The molecule has 3 N–H and O–H groups in total. The molecule has 0 amide bonds. The number of hydrogen-bond acceptors (Lipinski definition) is 3. The van der Waals surface area contributed by atoms with E-state index >= 15 is 0 Å². The Morgan fingerprint density at radius 3 is 2.77 bits per heavy atom. The van der Waals surface area contributed by atoms with E-state index in [9.17, 15) is 0 Å². The van der Waals surface area contributed by atoms with Crippen molar-refractivity contribution in [2.45, 2.75) is 19.9 Å². The predicted octanol–water partition coefficient (Wildman–Crippen LogP) is 1.23. The Bertz CT molecular complexity index is 263. The zero-order valence-electron chi connectivity index (χ0n) is 8.08. The van der Waals surface area contributed by atoms with Gasteiger partial charge in [-0.05, 0) is 25.5 Å². The molecule has 0 bridgehead atoms. The number of nitrogens with two attached hydrogens (primary N) is 1. The van der Waals surface area contributed by atoms with Gasteiger partial charge in [-0.3, -0.25) is 11.3 Å². The zero-order chi connectivity index (χ0) is 9.68. The number of rotatable bonds is 4. The molecule has 1 rings (SSSR count). The molecule has 0 heterocycles. The fourth-order valence-electron chi connectivity index (χ4n) is 0.981. The van der Waals surface area contributed by atoms with E-state index < -0.39 is 0 Å². The molecule has 1 atom stereocenters. The molecule has 0 saturated carbocycles.